The zero-order valence-electron chi connectivity index (χ0n) is 11.0. The number of nitro groups is 1. The summed E-state index contributed by atoms with van der Waals surface area (Å²) < 4.78 is 0. The summed E-state index contributed by atoms with van der Waals surface area (Å²) in [6.45, 7) is 2.10. The Kier molecular flexibility index (Phi) is 4.44. The summed E-state index contributed by atoms with van der Waals surface area (Å²) in [4.78, 5) is 29.8. The summed E-state index contributed by atoms with van der Waals surface area (Å²) in [6.07, 6.45) is 2.64. The third kappa shape index (κ3) is 3.73. The highest BCUT2D eigenvalue weighted by atomic mass is 35.5. The molecule has 108 valence electrons. The van der Waals surface area contributed by atoms with Crippen molar-refractivity contribution in [3.63, 3.8) is 0 Å². The molecule has 0 aliphatic rings. The van der Waals surface area contributed by atoms with E-state index >= 15 is 0 Å². The number of nitrogens with zero attached hydrogens (tertiary/aromatic N) is 3. The SMILES string of the molecule is Cc1ccc(CNC(=O)c2cc([N+](=O)[O-])cnc2Cl)cn1. The van der Waals surface area contributed by atoms with Crippen molar-refractivity contribution in [1.82, 2.24) is 15.3 Å². The van der Waals surface area contributed by atoms with Gasteiger partial charge in [-0.2, -0.15) is 0 Å². The first kappa shape index (κ1) is 14.9. The fourth-order valence-electron chi connectivity index (χ4n) is 1.58. The number of aryl methyl sites for hydroxylation is 1. The molecule has 1 amide bonds. The lowest BCUT2D eigenvalue weighted by Crippen LogP contribution is -2.23. The second-order valence-corrected chi connectivity index (χ2v) is 4.64. The zero-order chi connectivity index (χ0) is 15.4. The molecule has 2 aromatic rings. The molecule has 0 aromatic carbocycles. The van der Waals surface area contributed by atoms with Crippen molar-refractivity contribution >= 4 is 23.2 Å². The summed E-state index contributed by atoms with van der Waals surface area (Å²) in [5.41, 5.74) is 1.35. The van der Waals surface area contributed by atoms with Crippen LogP contribution in [0.5, 0.6) is 0 Å². The van der Waals surface area contributed by atoms with E-state index in [0.717, 1.165) is 23.5 Å². The molecule has 0 saturated heterocycles. The van der Waals surface area contributed by atoms with Gasteiger partial charge in [-0.3, -0.25) is 19.9 Å². The molecule has 0 aliphatic carbocycles. The molecule has 7 nitrogen and oxygen atoms in total. The molecule has 2 aromatic heterocycles. The van der Waals surface area contributed by atoms with Gasteiger partial charge < -0.3 is 5.32 Å². The predicted octanol–water partition coefficient (Wildman–Crippen LogP) is 2.28. The Bertz CT molecular complexity index is 688. The van der Waals surface area contributed by atoms with E-state index < -0.39 is 10.8 Å². The molecule has 8 heteroatoms. The number of amides is 1. The van der Waals surface area contributed by atoms with Gasteiger partial charge in [-0.25, -0.2) is 4.98 Å². The largest absolute Gasteiger partial charge is 0.348 e. The van der Waals surface area contributed by atoms with Gasteiger partial charge in [-0.15, -0.1) is 0 Å². The van der Waals surface area contributed by atoms with Crippen molar-refractivity contribution in [1.29, 1.82) is 0 Å². The number of carbonyl (C=O) groups excluding carboxylic acids is 1. The average Bonchev–Trinajstić information content (AvgIpc) is 2.46. The number of hydrogen-bond acceptors (Lipinski definition) is 5. The van der Waals surface area contributed by atoms with E-state index in [0.29, 0.717) is 0 Å². The maximum atomic E-state index is 12.0. The lowest BCUT2D eigenvalue weighted by Gasteiger charge is -2.06. The molecule has 0 radical (unpaired) electrons. The minimum atomic E-state index is -0.635. The van der Waals surface area contributed by atoms with Gasteiger partial charge in [0, 0.05) is 24.5 Å². The number of aromatic nitrogens is 2. The van der Waals surface area contributed by atoms with Gasteiger partial charge in [0.25, 0.3) is 11.6 Å². The van der Waals surface area contributed by atoms with Crippen LogP contribution < -0.4 is 5.32 Å². The van der Waals surface area contributed by atoms with Crippen LogP contribution in [0.1, 0.15) is 21.6 Å². The first-order chi connectivity index (χ1) is 9.97. The normalized spacial score (nSPS) is 10.2. The Morgan fingerprint density at radius 1 is 1.38 bits per heavy atom. The second-order valence-electron chi connectivity index (χ2n) is 4.28. The standard InChI is InChI=1S/C13H11ClN4O3/c1-8-2-3-9(5-15-8)6-17-13(19)11-4-10(18(20)21)7-16-12(11)14/h2-5,7H,6H2,1H3,(H,17,19). The van der Waals surface area contributed by atoms with Crippen molar-refractivity contribution < 1.29 is 9.72 Å². The van der Waals surface area contributed by atoms with E-state index in [4.69, 9.17) is 11.6 Å². The van der Waals surface area contributed by atoms with Crippen LogP contribution >= 0.6 is 11.6 Å². The summed E-state index contributed by atoms with van der Waals surface area (Å²) in [5.74, 6) is -0.531. The van der Waals surface area contributed by atoms with Crippen LogP contribution in [0.15, 0.2) is 30.6 Å². The Morgan fingerprint density at radius 3 is 2.76 bits per heavy atom. The molecule has 0 saturated carbocycles. The van der Waals surface area contributed by atoms with Crippen molar-refractivity contribution in [2.75, 3.05) is 0 Å². The molecule has 2 heterocycles. The Hall–Kier alpha value is -2.54. The molecule has 0 aliphatic heterocycles. The lowest BCUT2D eigenvalue weighted by molar-refractivity contribution is -0.385. The van der Waals surface area contributed by atoms with Gasteiger partial charge in [0.15, 0.2) is 0 Å². The third-order valence-electron chi connectivity index (χ3n) is 2.71. The highest BCUT2D eigenvalue weighted by molar-refractivity contribution is 6.32. The fourth-order valence-corrected chi connectivity index (χ4v) is 1.77. The van der Waals surface area contributed by atoms with Crippen LogP contribution in [0.3, 0.4) is 0 Å². The van der Waals surface area contributed by atoms with Crippen molar-refractivity contribution in [2.45, 2.75) is 13.5 Å². The topological polar surface area (TPSA) is 98.0 Å². The lowest BCUT2D eigenvalue weighted by atomic mass is 10.2. The Labute approximate surface area is 125 Å². The van der Waals surface area contributed by atoms with Gasteiger partial charge in [-0.1, -0.05) is 17.7 Å². The number of halogens is 1. The molecular weight excluding hydrogens is 296 g/mol. The summed E-state index contributed by atoms with van der Waals surface area (Å²) in [6, 6.07) is 4.75. The van der Waals surface area contributed by atoms with Crippen LogP contribution in [0, 0.1) is 17.0 Å². The summed E-state index contributed by atoms with van der Waals surface area (Å²) in [7, 11) is 0. The van der Waals surface area contributed by atoms with Crippen molar-refractivity contribution in [3.05, 3.63) is 62.7 Å². The van der Waals surface area contributed by atoms with Gasteiger partial charge >= 0.3 is 0 Å². The number of pyridine rings is 2. The van der Waals surface area contributed by atoms with Crippen molar-refractivity contribution in [2.24, 2.45) is 0 Å². The summed E-state index contributed by atoms with van der Waals surface area (Å²) >= 11 is 5.79. The fraction of sp³-hybridized carbons (Fsp3) is 0.154. The predicted molar refractivity (Wildman–Crippen MR) is 76.0 cm³/mol. The van der Waals surface area contributed by atoms with Gasteiger partial charge in [-0.05, 0) is 18.6 Å². The number of nitrogens with one attached hydrogen (secondary N) is 1. The zero-order valence-corrected chi connectivity index (χ0v) is 11.8. The molecule has 21 heavy (non-hydrogen) atoms. The number of carbonyl (C=O) groups is 1. The monoisotopic (exact) mass is 306 g/mol. The molecule has 0 bridgehead atoms. The van der Waals surface area contributed by atoms with E-state index in [2.05, 4.69) is 15.3 Å². The molecule has 0 unspecified atom stereocenters. The van der Waals surface area contributed by atoms with E-state index in [1.165, 1.54) is 0 Å². The van der Waals surface area contributed by atoms with Crippen LogP contribution in [0.4, 0.5) is 5.69 Å². The Morgan fingerprint density at radius 2 is 2.14 bits per heavy atom. The van der Waals surface area contributed by atoms with E-state index in [9.17, 15) is 14.9 Å². The Balaban J connectivity index is 2.11. The molecule has 0 atom stereocenters. The van der Waals surface area contributed by atoms with Crippen LogP contribution in [-0.4, -0.2) is 20.8 Å². The van der Waals surface area contributed by atoms with Crippen LogP contribution in [-0.2, 0) is 6.54 Å². The highest BCUT2D eigenvalue weighted by Gasteiger charge is 2.16. The van der Waals surface area contributed by atoms with Crippen LogP contribution in [0.25, 0.3) is 0 Å². The molecule has 1 N–H and O–H groups in total. The van der Waals surface area contributed by atoms with Crippen LogP contribution in [0.2, 0.25) is 5.15 Å². The second kappa shape index (κ2) is 6.27. The van der Waals surface area contributed by atoms with Crippen molar-refractivity contribution in [3.8, 4) is 0 Å². The molecule has 0 spiro atoms. The van der Waals surface area contributed by atoms with E-state index in [1.807, 2.05) is 19.1 Å². The highest BCUT2D eigenvalue weighted by Crippen LogP contribution is 2.19. The van der Waals surface area contributed by atoms with E-state index in [1.54, 1.807) is 6.20 Å². The summed E-state index contributed by atoms with van der Waals surface area (Å²) in [5, 5.41) is 13.2. The van der Waals surface area contributed by atoms with E-state index in [-0.39, 0.29) is 22.9 Å². The third-order valence-corrected chi connectivity index (χ3v) is 3.01. The molecule has 0 fully saturated rings. The van der Waals surface area contributed by atoms with Gasteiger partial charge in [0.05, 0.1) is 10.5 Å². The smallest absolute Gasteiger partial charge is 0.288 e. The van der Waals surface area contributed by atoms with Gasteiger partial charge in [0.2, 0.25) is 0 Å². The minimum absolute atomic E-state index is 0.0362. The maximum absolute atomic E-state index is 12.0. The quantitative estimate of drug-likeness (QED) is 0.531. The molecular formula is C13H11ClN4O3. The average molecular weight is 307 g/mol. The minimum Gasteiger partial charge on any atom is -0.348 e. The van der Waals surface area contributed by atoms with Gasteiger partial charge in [0.1, 0.15) is 11.3 Å². The first-order valence-electron chi connectivity index (χ1n) is 5.97. The molecule has 2 rings (SSSR count). The maximum Gasteiger partial charge on any atom is 0.288 e. The number of rotatable bonds is 4. The number of hydrogen-bond donors (Lipinski definition) is 1. The first-order valence-corrected chi connectivity index (χ1v) is 6.35.